The fraction of sp³-hybridized carbons (Fsp3) is 0.0769. The number of ketones is 1. The molecule has 0 aliphatic heterocycles. The number of carbonyl (C=O) groups is 1. The van der Waals surface area contributed by atoms with Crippen LogP contribution in [0.4, 0.5) is 0 Å². The molecule has 0 aliphatic carbocycles. The van der Waals surface area contributed by atoms with Gasteiger partial charge in [-0.3, -0.25) is 4.79 Å². The fourth-order valence-electron chi connectivity index (χ4n) is 1.55. The number of hydrogen-bond acceptors (Lipinski definition) is 3. The third kappa shape index (κ3) is 2.72. The molecule has 1 aromatic carbocycles. The molecule has 90 valence electrons. The van der Waals surface area contributed by atoms with E-state index in [1.807, 2.05) is 17.5 Å². The normalized spacial score (nSPS) is 11.8. The molecule has 0 amide bonds. The predicted molar refractivity (Wildman–Crippen MR) is 78.8 cm³/mol. The molecule has 0 N–H and O–H groups in total. The van der Waals surface area contributed by atoms with Crippen LogP contribution in [0.2, 0.25) is 0 Å². The van der Waals surface area contributed by atoms with Crippen molar-refractivity contribution >= 4 is 49.0 Å². The SMILES string of the molecule is N#CC(C(=O)c1ccc(Br)cc1Br)c1cccs1. The maximum absolute atomic E-state index is 12.3. The highest BCUT2D eigenvalue weighted by Gasteiger charge is 2.24. The van der Waals surface area contributed by atoms with Crippen molar-refractivity contribution < 1.29 is 4.79 Å². The van der Waals surface area contributed by atoms with Gasteiger partial charge in [-0.15, -0.1) is 11.3 Å². The summed E-state index contributed by atoms with van der Waals surface area (Å²) in [4.78, 5) is 13.1. The van der Waals surface area contributed by atoms with Gasteiger partial charge in [0.05, 0.1) is 6.07 Å². The molecule has 0 saturated carbocycles. The van der Waals surface area contributed by atoms with E-state index in [2.05, 4.69) is 37.9 Å². The van der Waals surface area contributed by atoms with Crippen LogP contribution < -0.4 is 0 Å². The summed E-state index contributed by atoms with van der Waals surface area (Å²) in [6, 6.07) is 11.0. The number of nitrogens with zero attached hydrogens (tertiary/aromatic N) is 1. The van der Waals surface area contributed by atoms with Crippen LogP contribution in [-0.4, -0.2) is 5.78 Å². The van der Waals surface area contributed by atoms with Crippen LogP contribution in [0.1, 0.15) is 21.2 Å². The maximum Gasteiger partial charge on any atom is 0.186 e. The Morgan fingerprint density at radius 1 is 1.33 bits per heavy atom. The Morgan fingerprint density at radius 2 is 2.11 bits per heavy atom. The van der Waals surface area contributed by atoms with Crippen molar-refractivity contribution in [1.82, 2.24) is 0 Å². The van der Waals surface area contributed by atoms with Gasteiger partial charge < -0.3 is 0 Å². The fourth-order valence-corrected chi connectivity index (χ4v) is 3.56. The van der Waals surface area contributed by atoms with Gasteiger partial charge in [0.15, 0.2) is 5.78 Å². The summed E-state index contributed by atoms with van der Waals surface area (Å²) in [6.45, 7) is 0. The number of halogens is 2. The van der Waals surface area contributed by atoms with Crippen molar-refractivity contribution in [1.29, 1.82) is 5.26 Å². The molecule has 0 bridgehead atoms. The van der Waals surface area contributed by atoms with Crippen molar-refractivity contribution in [2.45, 2.75) is 5.92 Å². The van der Waals surface area contributed by atoms with Crippen LogP contribution in [0.15, 0.2) is 44.7 Å². The molecular weight excluding hydrogens is 378 g/mol. The Labute approximate surface area is 126 Å². The van der Waals surface area contributed by atoms with Gasteiger partial charge in [0, 0.05) is 19.4 Å². The van der Waals surface area contributed by atoms with E-state index in [1.54, 1.807) is 18.2 Å². The first-order valence-electron chi connectivity index (χ1n) is 5.05. The Kier molecular flexibility index (Phi) is 4.33. The molecule has 1 atom stereocenters. The van der Waals surface area contributed by atoms with E-state index in [0.29, 0.717) is 10.0 Å². The molecule has 1 unspecified atom stereocenters. The van der Waals surface area contributed by atoms with E-state index < -0.39 is 5.92 Å². The summed E-state index contributed by atoms with van der Waals surface area (Å²) in [5.41, 5.74) is 0.526. The van der Waals surface area contributed by atoms with Gasteiger partial charge in [-0.1, -0.05) is 37.9 Å². The Hall–Kier alpha value is -0.960. The van der Waals surface area contributed by atoms with Gasteiger partial charge in [0.2, 0.25) is 0 Å². The molecule has 5 heteroatoms. The van der Waals surface area contributed by atoms with Crippen LogP contribution in [0.25, 0.3) is 0 Å². The number of hydrogen-bond donors (Lipinski definition) is 0. The van der Waals surface area contributed by atoms with Gasteiger partial charge in [-0.05, 0) is 29.6 Å². The highest BCUT2D eigenvalue weighted by Crippen LogP contribution is 2.29. The molecule has 1 heterocycles. The molecule has 2 rings (SSSR count). The predicted octanol–water partition coefficient (Wildman–Crippen LogP) is 4.76. The van der Waals surface area contributed by atoms with E-state index in [0.717, 1.165) is 9.35 Å². The largest absolute Gasteiger partial charge is 0.292 e. The summed E-state index contributed by atoms with van der Waals surface area (Å²) >= 11 is 8.11. The lowest BCUT2D eigenvalue weighted by molar-refractivity contribution is 0.0979. The minimum absolute atomic E-state index is 0.181. The molecular formula is C13H7Br2NOS. The first-order valence-corrected chi connectivity index (χ1v) is 7.52. The highest BCUT2D eigenvalue weighted by atomic mass is 79.9. The minimum atomic E-state index is -0.734. The summed E-state index contributed by atoms with van der Waals surface area (Å²) in [7, 11) is 0. The standard InChI is InChI=1S/C13H7Br2NOS/c14-8-3-4-9(11(15)6-8)13(17)10(7-16)12-2-1-5-18-12/h1-6,10H. The summed E-state index contributed by atoms with van der Waals surface area (Å²) < 4.78 is 1.58. The van der Waals surface area contributed by atoms with E-state index >= 15 is 0 Å². The second kappa shape index (κ2) is 5.79. The first-order chi connectivity index (χ1) is 8.63. The smallest absolute Gasteiger partial charge is 0.186 e. The van der Waals surface area contributed by atoms with E-state index in [9.17, 15) is 10.1 Å². The lowest BCUT2D eigenvalue weighted by Gasteiger charge is -2.08. The second-order valence-corrected chi connectivity index (χ2v) is 6.32. The highest BCUT2D eigenvalue weighted by molar-refractivity contribution is 9.11. The van der Waals surface area contributed by atoms with E-state index in [4.69, 9.17) is 0 Å². The number of carbonyl (C=O) groups excluding carboxylic acids is 1. The van der Waals surface area contributed by atoms with Crippen LogP contribution in [0.3, 0.4) is 0 Å². The Bertz CT molecular complexity index is 616. The summed E-state index contributed by atoms with van der Waals surface area (Å²) in [5.74, 6) is -0.915. The Morgan fingerprint density at radius 3 is 2.67 bits per heavy atom. The zero-order valence-corrected chi connectivity index (χ0v) is 13.0. The van der Waals surface area contributed by atoms with Gasteiger partial charge in [0.1, 0.15) is 5.92 Å². The monoisotopic (exact) mass is 383 g/mol. The van der Waals surface area contributed by atoms with Crippen LogP contribution in [0, 0.1) is 11.3 Å². The van der Waals surface area contributed by atoms with Crippen LogP contribution >= 0.6 is 43.2 Å². The van der Waals surface area contributed by atoms with Crippen LogP contribution in [0.5, 0.6) is 0 Å². The second-order valence-electron chi connectivity index (χ2n) is 3.57. The van der Waals surface area contributed by atoms with Crippen molar-refractivity contribution in [3.63, 3.8) is 0 Å². The lowest BCUT2D eigenvalue weighted by atomic mass is 9.97. The van der Waals surface area contributed by atoms with Crippen molar-refractivity contribution in [2.24, 2.45) is 0 Å². The zero-order chi connectivity index (χ0) is 13.1. The Balaban J connectivity index is 2.39. The zero-order valence-electron chi connectivity index (χ0n) is 9.06. The molecule has 0 spiro atoms. The quantitative estimate of drug-likeness (QED) is 0.715. The molecule has 0 fully saturated rings. The van der Waals surface area contributed by atoms with Gasteiger partial charge >= 0.3 is 0 Å². The van der Waals surface area contributed by atoms with Gasteiger partial charge in [-0.25, -0.2) is 0 Å². The van der Waals surface area contributed by atoms with Gasteiger partial charge in [0.25, 0.3) is 0 Å². The van der Waals surface area contributed by atoms with Crippen molar-refractivity contribution in [3.05, 3.63) is 55.1 Å². The number of benzene rings is 1. The molecule has 2 aromatic rings. The number of rotatable bonds is 3. The molecule has 18 heavy (non-hydrogen) atoms. The van der Waals surface area contributed by atoms with E-state index in [1.165, 1.54) is 11.3 Å². The lowest BCUT2D eigenvalue weighted by Crippen LogP contribution is -2.10. The van der Waals surface area contributed by atoms with Crippen molar-refractivity contribution in [2.75, 3.05) is 0 Å². The topological polar surface area (TPSA) is 40.9 Å². The minimum Gasteiger partial charge on any atom is -0.292 e. The van der Waals surface area contributed by atoms with Gasteiger partial charge in [-0.2, -0.15) is 5.26 Å². The third-order valence-electron chi connectivity index (χ3n) is 2.42. The number of nitriles is 1. The van der Waals surface area contributed by atoms with Crippen molar-refractivity contribution in [3.8, 4) is 6.07 Å². The summed E-state index contributed by atoms with van der Waals surface area (Å²) in [5, 5.41) is 11.1. The molecule has 1 aromatic heterocycles. The summed E-state index contributed by atoms with van der Waals surface area (Å²) in [6.07, 6.45) is 0. The maximum atomic E-state index is 12.3. The molecule has 0 radical (unpaired) electrons. The van der Waals surface area contributed by atoms with E-state index in [-0.39, 0.29) is 5.78 Å². The first kappa shape index (κ1) is 13.5. The average molecular weight is 385 g/mol. The number of Topliss-reactive ketones (excluding diaryl/α,β-unsaturated/α-hetero) is 1. The van der Waals surface area contributed by atoms with Crippen LogP contribution in [-0.2, 0) is 0 Å². The third-order valence-corrected chi connectivity index (χ3v) is 4.50. The number of thiophene rings is 1. The molecule has 2 nitrogen and oxygen atoms in total. The molecule has 0 saturated heterocycles. The average Bonchev–Trinajstić information content (AvgIpc) is 2.83. The molecule has 0 aliphatic rings.